The van der Waals surface area contributed by atoms with Crippen LogP contribution in [0.4, 0.5) is 18.0 Å². The molecule has 1 aliphatic heterocycles. The van der Waals surface area contributed by atoms with Crippen LogP contribution in [0.2, 0.25) is 0 Å². The molecule has 0 bridgehead atoms. The van der Waals surface area contributed by atoms with Crippen molar-refractivity contribution in [2.75, 3.05) is 26.1 Å². The molecular formula is C12H21F3N2O2. The number of amides is 1. The van der Waals surface area contributed by atoms with Gasteiger partial charge in [0.15, 0.2) is 6.08 Å². The van der Waals surface area contributed by atoms with Crippen LogP contribution < -0.4 is 0 Å². The minimum Gasteiger partial charge on any atom is -0.437 e. The van der Waals surface area contributed by atoms with E-state index < -0.39 is 43.5 Å². The number of carbonyl (C=O) groups excluding carboxylic acids is 1. The minimum atomic E-state index is -5.11. The molecule has 112 valence electrons. The lowest BCUT2D eigenvalue weighted by Gasteiger charge is -2.42. The van der Waals surface area contributed by atoms with Crippen molar-refractivity contribution in [2.45, 2.75) is 45.5 Å². The highest BCUT2D eigenvalue weighted by Crippen LogP contribution is 2.23. The molecule has 0 aromatic rings. The van der Waals surface area contributed by atoms with Gasteiger partial charge in [-0.3, -0.25) is 4.90 Å². The minimum absolute atomic E-state index is 0.108. The predicted molar refractivity (Wildman–Crippen MR) is 64.9 cm³/mol. The normalized spacial score (nSPS) is 36.6. The zero-order chi connectivity index (χ0) is 18.4. The van der Waals surface area contributed by atoms with E-state index in [0.717, 1.165) is 0 Å². The largest absolute Gasteiger partial charge is 0.437 e. The molecule has 4 unspecified atom stereocenters. The van der Waals surface area contributed by atoms with E-state index in [2.05, 4.69) is 4.74 Å². The molecule has 1 saturated heterocycles. The third kappa shape index (κ3) is 4.56. The van der Waals surface area contributed by atoms with Crippen LogP contribution in [-0.4, -0.2) is 59.8 Å². The number of piperazine rings is 1. The highest BCUT2D eigenvalue weighted by atomic mass is 19.4. The van der Waals surface area contributed by atoms with Gasteiger partial charge in [0.05, 0.1) is 4.11 Å². The third-order valence-electron chi connectivity index (χ3n) is 2.59. The Morgan fingerprint density at radius 2 is 1.89 bits per heavy atom. The van der Waals surface area contributed by atoms with Gasteiger partial charge in [0, 0.05) is 33.0 Å². The zero-order valence-corrected chi connectivity index (χ0v) is 11.3. The Labute approximate surface area is 117 Å². The molecule has 19 heavy (non-hydrogen) atoms. The van der Waals surface area contributed by atoms with Crippen molar-refractivity contribution in [2.24, 2.45) is 0 Å². The monoisotopic (exact) mass is 286 g/mol. The summed E-state index contributed by atoms with van der Waals surface area (Å²) in [6.45, 7) is 1.37. The van der Waals surface area contributed by atoms with Crippen molar-refractivity contribution < 1.29 is 28.2 Å². The fraction of sp³-hybridized carbons (Fsp3) is 0.917. The molecule has 1 heterocycles. The lowest BCUT2D eigenvalue weighted by atomic mass is 10.1. The first kappa shape index (κ1) is 10.8. The standard InChI is InChI=1S/C12H21F3N2O2/c1-9(12(13,14)15)19-10(18)16-5-7-17(8-6-16)11(2,3)4/h9H,5-8H2,1-4H3/i5D,6D,7D,9D. The Morgan fingerprint density at radius 3 is 2.37 bits per heavy atom. The number of hydrogen-bond acceptors (Lipinski definition) is 3. The number of rotatable bonds is 1. The van der Waals surface area contributed by atoms with Gasteiger partial charge in [-0.25, -0.2) is 4.79 Å². The van der Waals surface area contributed by atoms with Gasteiger partial charge in [0.2, 0.25) is 0 Å². The maximum absolute atomic E-state index is 12.6. The number of ether oxygens (including phenoxy) is 1. The lowest BCUT2D eigenvalue weighted by molar-refractivity contribution is -0.200. The Bertz CT molecular complexity index is 457. The van der Waals surface area contributed by atoms with E-state index in [0.29, 0.717) is 11.8 Å². The van der Waals surface area contributed by atoms with Crippen LogP contribution in [0, 0.1) is 0 Å². The van der Waals surface area contributed by atoms with Crippen molar-refractivity contribution in [3.8, 4) is 0 Å². The van der Waals surface area contributed by atoms with Crippen molar-refractivity contribution in [1.29, 1.82) is 0 Å². The van der Waals surface area contributed by atoms with Crippen LogP contribution in [0.3, 0.4) is 0 Å². The van der Waals surface area contributed by atoms with Gasteiger partial charge in [0.25, 0.3) is 0 Å². The maximum atomic E-state index is 12.6. The maximum Gasteiger partial charge on any atom is 0.425 e. The Balaban J connectivity index is 2.95. The first-order valence-corrected chi connectivity index (χ1v) is 5.71. The molecule has 0 aromatic carbocycles. The lowest BCUT2D eigenvalue weighted by Crippen LogP contribution is -2.55. The summed E-state index contributed by atoms with van der Waals surface area (Å²) in [5.74, 6) is 0. The molecule has 0 aliphatic carbocycles. The Kier molecular flexibility index (Phi) is 3.15. The molecule has 1 rings (SSSR count). The van der Waals surface area contributed by atoms with Crippen LogP contribution in [0.15, 0.2) is 0 Å². The van der Waals surface area contributed by atoms with Gasteiger partial charge in [0.1, 0.15) is 0 Å². The number of nitrogens with zero attached hydrogens (tertiary/aromatic N) is 2. The highest BCUT2D eigenvalue weighted by Gasteiger charge is 2.40. The molecule has 0 saturated carbocycles. The quantitative estimate of drug-likeness (QED) is 0.742. The SMILES string of the molecule is [2H]C1CN(C(C)(C)C)C([2H])C([2H])N1C(=O)OC([2H])(C)C(F)(F)F. The molecule has 0 spiro atoms. The topological polar surface area (TPSA) is 32.8 Å². The van der Waals surface area contributed by atoms with Crippen LogP contribution in [0.1, 0.15) is 33.2 Å². The molecule has 7 heteroatoms. The van der Waals surface area contributed by atoms with Gasteiger partial charge in [-0.05, 0) is 27.7 Å². The number of carbonyl (C=O) groups is 1. The van der Waals surface area contributed by atoms with Crippen molar-refractivity contribution in [1.82, 2.24) is 9.80 Å². The van der Waals surface area contributed by atoms with E-state index >= 15 is 0 Å². The highest BCUT2D eigenvalue weighted by molar-refractivity contribution is 5.68. The summed E-state index contributed by atoms with van der Waals surface area (Å²) in [6.07, 6.45) is -10.2. The van der Waals surface area contributed by atoms with E-state index in [1.165, 1.54) is 4.90 Å². The van der Waals surface area contributed by atoms with E-state index in [4.69, 9.17) is 5.48 Å². The third-order valence-corrected chi connectivity index (χ3v) is 2.59. The second-order valence-corrected chi connectivity index (χ2v) is 5.13. The number of hydrogen-bond donors (Lipinski definition) is 0. The van der Waals surface area contributed by atoms with Crippen molar-refractivity contribution >= 4 is 6.09 Å². The second kappa shape index (κ2) is 5.56. The van der Waals surface area contributed by atoms with E-state index in [1.807, 2.05) is 0 Å². The summed E-state index contributed by atoms with van der Waals surface area (Å²) in [5.41, 5.74) is -0.545. The molecule has 0 aromatic heterocycles. The van der Waals surface area contributed by atoms with Gasteiger partial charge in [-0.1, -0.05) is 0 Å². The predicted octanol–water partition coefficient (Wildman–Crippen LogP) is 2.49. The van der Waals surface area contributed by atoms with Crippen LogP contribution in [-0.2, 0) is 4.74 Å². The summed E-state index contributed by atoms with van der Waals surface area (Å²) in [7, 11) is 0. The smallest absolute Gasteiger partial charge is 0.425 e. The van der Waals surface area contributed by atoms with Crippen LogP contribution >= 0.6 is 0 Å². The molecule has 0 radical (unpaired) electrons. The Morgan fingerprint density at radius 1 is 1.32 bits per heavy atom. The van der Waals surface area contributed by atoms with E-state index in [-0.39, 0.29) is 6.54 Å². The first-order chi connectivity index (χ1) is 10.1. The molecule has 1 fully saturated rings. The molecule has 0 N–H and O–H groups in total. The van der Waals surface area contributed by atoms with E-state index in [9.17, 15) is 18.0 Å². The zero-order valence-electron chi connectivity index (χ0n) is 15.3. The average Bonchev–Trinajstić information content (AvgIpc) is 2.30. The number of halogens is 3. The summed E-state index contributed by atoms with van der Waals surface area (Å²) in [4.78, 5) is 13.9. The molecular weight excluding hydrogens is 261 g/mol. The van der Waals surface area contributed by atoms with Gasteiger partial charge in [-0.2, -0.15) is 13.2 Å². The summed E-state index contributed by atoms with van der Waals surface area (Å²) in [5, 5.41) is 0. The van der Waals surface area contributed by atoms with Crippen LogP contribution in [0.25, 0.3) is 0 Å². The fourth-order valence-corrected chi connectivity index (χ4v) is 1.32. The van der Waals surface area contributed by atoms with Crippen molar-refractivity contribution in [3.05, 3.63) is 0 Å². The average molecular weight is 286 g/mol. The fourth-order valence-electron chi connectivity index (χ4n) is 1.32. The van der Waals surface area contributed by atoms with Gasteiger partial charge >= 0.3 is 12.3 Å². The summed E-state index contributed by atoms with van der Waals surface area (Å²) in [6, 6.07) is 0. The van der Waals surface area contributed by atoms with Gasteiger partial charge in [-0.15, -0.1) is 0 Å². The van der Waals surface area contributed by atoms with Gasteiger partial charge < -0.3 is 9.64 Å². The molecule has 1 aliphatic rings. The summed E-state index contributed by atoms with van der Waals surface area (Å²) < 4.78 is 72.9. The summed E-state index contributed by atoms with van der Waals surface area (Å²) >= 11 is 0. The molecule has 4 atom stereocenters. The molecule has 1 amide bonds. The van der Waals surface area contributed by atoms with E-state index in [1.54, 1.807) is 20.8 Å². The second-order valence-electron chi connectivity index (χ2n) is 5.13. The van der Waals surface area contributed by atoms with Crippen LogP contribution in [0.5, 0.6) is 0 Å². The van der Waals surface area contributed by atoms with Crippen molar-refractivity contribution in [3.63, 3.8) is 0 Å². The number of alkyl halides is 3. The first-order valence-electron chi connectivity index (χ1n) is 7.94. The Hall–Kier alpha value is -0.980. The molecule has 4 nitrogen and oxygen atoms in total.